The van der Waals surface area contributed by atoms with Gasteiger partial charge in [0.15, 0.2) is 16.7 Å². The lowest BCUT2D eigenvalue weighted by Gasteiger charge is -2.14. The van der Waals surface area contributed by atoms with Gasteiger partial charge in [0, 0.05) is 17.2 Å². The molecule has 0 radical (unpaired) electrons. The summed E-state index contributed by atoms with van der Waals surface area (Å²) in [6, 6.07) is 16.8. The Morgan fingerprint density at radius 3 is 2.54 bits per heavy atom. The number of amidine groups is 1. The summed E-state index contributed by atoms with van der Waals surface area (Å²) in [5.41, 5.74) is 2.25. The highest BCUT2D eigenvalue weighted by Crippen LogP contribution is 2.36. The molecule has 4 rings (SSSR count). The molecule has 1 saturated heterocycles. The summed E-state index contributed by atoms with van der Waals surface area (Å²) in [5.74, 6) is 0.807. The number of ether oxygens (including phenoxy) is 2. The van der Waals surface area contributed by atoms with Crippen molar-refractivity contribution in [1.82, 2.24) is 5.32 Å². The molecule has 1 aliphatic rings. The van der Waals surface area contributed by atoms with Crippen molar-refractivity contribution in [3.05, 3.63) is 95.4 Å². The third-order valence-electron chi connectivity index (χ3n) is 4.79. The smallest absolute Gasteiger partial charge is 0.269 e. The monoisotopic (exact) mass is 621 g/mol. The van der Waals surface area contributed by atoms with Crippen LogP contribution in [0.15, 0.2) is 70.6 Å². The van der Waals surface area contributed by atoms with Crippen molar-refractivity contribution in [3.8, 4) is 11.5 Å². The molecule has 8 nitrogen and oxygen atoms in total. The molecular weight excluding hydrogens is 605 g/mol. The van der Waals surface area contributed by atoms with Gasteiger partial charge < -0.3 is 14.8 Å². The summed E-state index contributed by atoms with van der Waals surface area (Å²) in [6.07, 6.45) is 1.76. The standard InChI is InChI=1S/C24H17ClIN3O5S/c1-33-20-11-15(10-19(26)22(20)34-13-14-2-8-18(9-3-14)29(31)32)12-21-23(30)28-24(35-21)27-17-6-4-16(25)5-7-17/h2-12H,13H2,1H3,(H,27,28,30)/b21-12-. The van der Waals surface area contributed by atoms with E-state index in [0.29, 0.717) is 32.3 Å². The minimum Gasteiger partial charge on any atom is -0.493 e. The van der Waals surface area contributed by atoms with Crippen molar-refractivity contribution in [2.45, 2.75) is 6.61 Å². The highest BCUT2D eigenvalue weighted by molar-refractivity contribution is 14.1. The maximum Gasteiger partial charge on any atom is 0.269 e. The van der Waals surface area contributed by atoms with E-state index in [-0.39, 0.29) is 18.2 Å². The molecule has 0 unspecified atom stereocenters. The van der Waals surface area contributed by atoms with Crippen molar-refractivity contribution < 1.29 is 19.2 Å². The Morgan fingerprint density at radius 1 is 1.17 bits per heavy atom. The Morgan fingerprint density at radius 2 is 1.89 bits per heavy atom. The minimum atomic E-state index is -0.445. The van der Waals surface area contributed by atoms with E-state index in [1.54, 1.807) is 48.5 Å². The van der Waals surface area contributed by atoms with Gasteiger partial charge in [-0.2, -0.15) is 0 Å². The molecule has 0 spiro atoms. The van der Waals surface area contributed by atoms with Crippen molar-refractivity contribution in [2.75, 3.05) is 7.11 Å². The number of amides is 1. The van der Waals surface area contributed by atoms with Crippen LogP contribution in [0.25, 0.3) is 6.08 Å². The number of aliphatic imine (C=N–C) groups is 1. The second-order valence-electron chi connectivity index (χ2n) is 7.20. The van der Waals surface area contributed by atoms with Gasteiger partial charge in [0.05, 0.1) is 26.2 Å². The van der Waals surface area contributed by atoms with E-state index in [1.165, 1.54) is 31.0 Å². The Kier molecular flexibility index (Phi) is 7.93. The molecule has 3 aromatic rings. The van der Waals surface area contributed by atoms with Gasteiger partial charge in [0.2, 0.25) is 0 Å². The van der Waals surface area contributed by atoms with E-state index in [2.05, 4.69) is 32.9 Å². The number of nitrogens with one attached hydrogen (secondary N) is 1. The molecule has 1 N–H and O–H groups in total. The number of rotatable bonds is 7. The molecule has 11 heteroatoms. The van der Waals surface area contributed by atoms with Crippen LogP contribution in [-0.4, -0.2) is 23.1 Å². The summed E-state index contributed by atoms with van der Waals surface area (Å²) >= 11 is 9.29. The molecule has 0 atom stereocenters. The number of halogens is 2. The number of carbonyl (C=O) groups excluding carboxylic acids is 1. The molecule has 3 aromatic carbocycles. The fourth-order valence-electron chi connectivity index (χ4n) is 3.10. The van der Waals surface area contributed by atoms with Gasteiger partial charge in [0.25, 0.3) is 11.6 Å². The molecule has 0 aliphatic carbocycles. The van der Waals surface area contributed by atoms with Crippen LogP contribution in [0.4, 0.5) is 11.4 Å². The first-order valence-corrected chi connectivity index (χ1v) is 12.4. The van der Waals surface area contributed by atoms with Crippen LogP contribution >= 0.6 is 46.0 Å². The lowest BCUT2D eigenvalue weighted by Crippen LogP contribution is -2.19. The van der Waals surface area contributed by atoms with E-state index in [9.17, 15) is 14.9 Å². The summed E-state index contributed by atoms with van der Waals surface area (Å²) in [6.45, 7) is 0.216. The number of hydrogen-bond donors (Lipinski definition) is 1. The van der Waals surface area contributed by atoms with Crippen LogP contribution in [-0.2, 0) is 11.4 Å². The Bertz CT molecular complexity index is 1340. The number of benzene rings is 3. The summed E-state index contributed by atoms with van der Waals surface area (Å²) in [7, 11) is 1.54. The van der Waals surface area contributed by atoms with E-state index in [4.69, 9.17) is 21.1 Å². The number of thioether (sulfide) groups is 1. The largest absolute Gasteiger partial charge is 0.493 e. The van der Waals surface area contributed by atoms with Gasteiger partial charge in [-0.25, -0.2) is 4.99 Å². The van der Waals surface area contributed by atoms with Crippen LogP contribution in [0.3, 0.4) is 0 Å². The van der Waals surface area contributed by atoms with Crippen LogP contribution in [0.1, 0.15) is 11.1 Å². The summed E-state index contributed by atoms with van der Waals surface area (Å²) in [5, 5.41) is 14.7. The second kappa shape index (κ2) is 11.1. The van der Waals surface area contributed by atoms with Gasteiger partial charge >= 0.3 is 0 Å². The van der Waals surface area contributed by atoms with Crippen LogP contribution in [0.5, 0.6) is 11.5 Å². The third kappa shape index (κ3) is 6.32. The lowest BCUT2D eigenvalue weighted by molar-refractivity contribution is -0.384. The van der Waals surface area contributed by atoms with E-state index in [0.717, 1.165) is 14.7 Å². The molecule has 0 saturated carbocycles. The number of non-ortho nitro benzene ring substituents is 1. The Hall–Kier alpha value is -3.09. The molecule has 1 fully saturated rings. The third-order valence-corrected chi connectivity index (χ3v) is 6.75. The maximum atomic E-state index is 12.5. The van der Waals surface area contributed by atoms with Crippen LogP contribution < -0.4 is 14.8 Å². The van der Waals surface area contributed by atoms with Gasteiger partial charge in [-0.1, -0.05) is 11.6 Å². The molecule has 1 heterocycles. The zero-order chi connectivity index (χ0) is 24.9. The SMILES string of the molecule is COc1cc(/C=C2\SC(=Nc3ccc(Cl)cc3)NC2=O)cc(I)c1OCc1ccc([N+](=O)[O-])cc1. The highest BCUT2D eigenvalue weighted by atomic mass is 127. The minimum absolute atomic E-state index is 0.0217. The predicted molar refractivity (Wildman–Crippen MR) is 145 cm³/mol. The van der Waals surface area contributed by atoms with E-state index >= 15 is 0 Å². The normalized spacial score (nSPS) is 15.3. The quantitative estimate of drug-likeness (QED) is 0.143. The van der Waals surface area contributed by atoms with Crippen molar-refractivity contribution in [1.29, 1.82) is 0 Å². The maximum absolute atomic E-state index is 12.5. The van der Waals surface area contributed by atoms with Crippen molar-refractivity contribution in [3.63, 3.8) is 0 Å². The number of nitrogens with zero attached hydrogens (tertiary/aromatic N) is 2. The predicted octanol–water partition coefficient (Wildman–Crippen LogP) is 6.33. The zero-order valence-electron chi connectivity index (χ0n) is 18.2. The fourth-order valence-corrected chi connectivity index (χ4v) is 4.85. The Labute approximate surface area is 223 Å². The number of nitro benzene ring substituents is 1. The second-order valence-corrected chi connectivity index (χ2v) is 9.83. The highest BCUT2D eigenvalue weighted by Gasteiger charge is 2.24. The van der Waals surface area contributed by atoms with Crippen molar-refractivity contribution in [2.24, 2.45) is 4.99 Å². The summed E-state index contributed by atoms with van der Waals surface area (Å²) < 4.78 is 12.3. The topological polar surface area (TPSA) is 103 Å². The number of carbonyl (C=O) groups is 1. The molecular formula is C24H17ClIN3O5S. The molecule has 35 heavy (non-hydrogen) atoms. The zero-order valence-corrected chi connectivity index (χ0v) is 21.9. The van der Waals surface area contributed by atoms with E-state index < -0.39 is 4.92 Å². The van der Waals surface area contributed by atoms with Crippen LogP contribution in [0.2, 0.25) is 5.02 Å². The first-order chi connectivity index (χ1) is 16.8. The van der Waals surface area contributed by atoms with Gasteiger partial charge in [0.1, 0.15) is 6.61 Å². The van der Waals surface area contributed by atoms with Gasteiger partial charge in [-0.05, 0) is 100 Å². The first-order valence-electron chi connectivity index (χ1n) is 10.1. The average molecular weight is 622 g/mol. The summed E-state index contributed by atoms with van der Waals surface area (Å²) in [4.78, 5) is 27.8. The molecule has 1 aliphatic heterocycles. The van der Waals surface area contributed by atoms with Crippen LogP contribution in [0, 0.1) is 13.7 Å². The lowest BCUT2D eigenvalue weighted by atomic mass is 10.1. The fraction of sp³-hybridized carbons (Fsp3) is 0.0833. The first kappa shape index (κ1) is 25.0. The average Bonchev–Trinajstić information content (AvgIpc) is 3.18. The Balaban J connectivity index is 1.50. The number of methoxy groups -OCH3 is 1. The molecule has 178 valence electrons. The molecule has 0 aromatic heterocycles. The molecule has 1 amide bonds. The van der Waals surface area contributed by atoms with Gasteiger partial charge in [-0.15, -0.1) is 0 Å². The van der Waals surface area contributed by atoms with Gasteiger partial charge in [-0.3, -0.25) is 14.9 Å². The number of hydrogen-bond acceptors (Lipinski definition) is 7. The van der Waals surface area contributed by atoms with E-state index in [1.807, 2.05) is 6.07 Å². The molecule has 0 bridgehead atoms. The van der Waals surface area contributed by atoms with Crippen molar-refractivity contribution >= 4 is 74.5 Å². The number of nitro groups is 1.